The Labute approximate surface area is 130 Å². The Bertz CT molecular complexity index is 511. The van der Waals surface area contributed by atoms with E-state index >= 15 is 0 Å². The smallest absolute Gasteiger partial charge is 0.150 e. The van der Waals surface area contributed by atoms with Crippen molar-refractivity contribution in [3.63, 3.8) is 0 Å². The van der Waals surface area contributed by atoms with Gasteiger partial charge in [0.05, 0.1) is 5.75 Å². The van der Waals surface area contributed by atoms with Gasteiger partial charge >= 0.3 is 0 Å². The van der Waals surface area contributed by atoms with Crippen molar-refractivity contribution in [1.82, 2.24) is 5.32 Å². The molecule has 0 aromatic heterocycles. The van der Waals surface area contributed by atoms with Crippen LogP contribution in [-0.2, 0) is 16.3 Å². The Hall–Kier alpha value is -0.870. The van der Waals surface area contributed by atoms with E-state index in [1.807, 2.05) is 0 Å². The molecule has 1 atom stereocenters. The molecule has 120 valence electrons. The molecule has 1 unspecified atom stereocenters. The third kappa shape index (κ3) is 7.09. The van der Waals surface area contributed by atoms with Crippen LogP contribution in [0.15, 0.2) is 24.3 Å². The predicted molar refractivity (Wildman–Crippen MR) is 90.5 cm³/mol. The molecule has 0 fully saturated rings. The topological polar surface area (TPSA) is 46.2 Å². The third-order valence-electron chi connectivity index (χ3n) is 3.96. The van der Waals surface area contributed by atoms with Gasteiger partial charge in [0.15, 0.2) is 0 Å². The van der Waals surface area contributed by atoms with Gasteiger partial charge in [-0.3, -0.25) is 0 Å². The maximum absolute atomic E-state index is 11.6. The van der Waals surface area contributed by atoms with E-state index in [1.165, 1.54) is 11.1 Å². The van der Waals surface area contributed by atoms with Crippen LogP contribution in [0.25, 0.3) is 0 Å². The second-order valence-corrected chi connectivity index (χ2v) is 8.16. The summed E-state index contributed by atoms with van der Waals surface area (Å²) in [6.07, 6.45) is 2.74. The minimum atomic E-state index is -2.84. The SMILES string of the molecule is CCNCC(CCCS(=O)(=O)CC)Cc1ccccc1C. The fourth-order valence-corrected chi connectivity index (χ4v) is 3.41. The number of benzene rings is 1. The highest BCUT2D eigenvalue weighted by Gasteiger charge is 2.13. The fourth-order valence-electron chi connectivity index (χ4n) is 2.51. The van der Waals surface area contributed by atoms with Crippen molar-refractivity contribution in [2.24, 2.45) is 5.92 Å². The van der Waals surface area contributed by atoms with Gasteiger partial charge < -0.3 is 5.32 Å². The maximum atomic E-state index is 11.6. The van der Waals surface area contributed by atoms with Crippen molar-refractivity contribution >= 4 is 9.84 Å². The van der Waals surface area contributed by atoms with Crippen molar-refractivity contribution in [2.75, 3.05) is 24.6 Å². The number of sulfone groups is 1. The predicted octanol–water partition coefficient (Wildman–Crippen LogP) is 2.98. The van der Waals surface area contributed by atoms with Crippen LogP contribution in [0.2, 0.25) is 0 Å². The lowest BCUT2D eigenvalue weighted by Gasteiger charge is -2.18. The molecule has 0 aliphatic rings. The average Bonchev–Trinajstić information content (AvgIpc) is 2.46. The quantitative estimate of drug-likeness (QED) is 0.722. The Balaban J connectivity index is 2.57. The first-order chi connectivity index (χ1) is 9.98. The van der Waals surface area contributed by atoms with Crippen molar-refractivity contribution < 1.29 is 8.42 Å². The molecule has 0 radical (unpaired) electrons. The van der Waals surface area contributed by atoms with Crippen LogP contribution < -0.4 is 5.32 Å². The molecular formula is C17H29NO2S. The molecule has 0 saturated carbocycles. The van der Waals surface area contributed by atoms with Crippen LogP contribution >= 0.6 is 0 Å². The molecule has 1 rings (SSSR count). The number of hydrogen-bond donors (Lipinski definition) is 1. The highest BCUT2D eigenvalue weighted by Crippen LogP contribution is 2.17. The van der Waals surface area contributed by atoms with Crippen LogP contribution in [0.4, 0.5) is 0 Å². The van der Waals surface area contributed by atoms with E-state index in [2.05, 4.69) is 43.4 Å². The summed E-state index contributed by atoms with van der Waals surface area (Å²) in [4.78, 5) is 0. The molecule has 0 spiro atoms. The van der Waals surface area contributed by atoms with E-state index in [-0.39, 0.29) is 5.75 Å². The molecule has 0 aliphatic heterocycles. The monoisotopic (exact) mass is 311 g/mol. The van der Waals surface area contributed by atoms with Crippen molar-refractivity contribution in [1.29, 1.82) is 0 Å². The minimum absolute atomic E-state index is 0.253. The molecule has 4 heteroatoms. The highest BCUT2D eigenvalue weighted by molar-refractivity contribution is 7.91. The summed E-state index contributed by atoms with van der Waals surface area (Å²) in [5.41, 5.74) is 2.69. The summed E-state index contributed by atoms with van der Waals surface area (Å²) in [6, 6.07) is 8.46. The van der Waals surface area contributed by atoms with Crippen LogP contribution in [0, 0.1) is 12.8 Å². The number of rotatable bonds is 10. The largest absolute Gasteiger partial charge is 0.317 e. The molecule has 3 nitrogen and oxygen atoms in total. The third-order valence-corrected chi connectivity index (χ3v) is 5.75. The number of aryl methyl sites for hydroxylation is 1. The zero-order valence-electron chi connectivity index (χ0n) is 13.6. The molecule has 0 heterocycles. The number of hydrogen-bond acceptors (Lipinski definition) is 3. The maximum Gasteiger partial charge on any atom is 0.150 e. The van der Waals surface area contributed by atoms with Gasteiger partial charge in [-0.2, -0.15) is 0 Å². The van der Waals surface area contributed by atoms with E-state index in [1.54, 1.807) is 6.92 Å². The lowest BCUT2D eigenvalue weighted by Crippen LogP contribution is -2.25. The summed E-state index contributed by atoms with van der Waals surface area (Å²) >= 11 is 0. The van der Waals surface area contributed by atoms with Crippen molar-refractivity contribution in [3.05, 3.63) is 35.4 Å². The molecule has 1 aromatic rings. The standard InChI is InChI=1S/C17H29NO2S/c1-4-18-14-16(10-8-12-21(19,20)5-2)13-17-11-7-6-9-15(17)3/h6-7,9,11,16,18H,4-5,8,10,12-14H2,1-3H3. The molecule has 0 saturated heterocycles. The lowest BCUT2D eigenvalue weighted by molar-refractivity contribution is 0.443. The van der Waals surface area contributed by atoms with E-state index in [0.717, 1.165) is 32.4 Å². The van der Waals surface area contributed by atoms with Gasteiger partial charge in [0.1, 0.15) is 9.84 Å². The molecule has 0 aliphatic carbocycles. The Kier molecular flexibility index (Phi) is 7.97. The second-order valence-electron chi connectivity index (χ2n) is 5.68. The van der Waals surface area contributed by atoms with Gasteiger partial charge in [0.25, 0.3) is 0 Å². The fraction of sp³-hybridized carbons (Fsp3) is 0.647. The van der Waals surface area contributed by atoms with E-state index in [0.29, 0.717) is 11.7 Å². The highest BCUT2D eigenvalue weighted by atomic mass is 32.2. The Morgan fingerprint density at radius 1 is 1.19 bits per heavy atom. The van der Waals surface area contributed by atoms with Crippen LogP contribution in [-0.4, -0.2) is 33.0 Å². The lowest BCUT2D eigenvalue weighted by atomic mass is 9.92. The van der Waals surface area contributed by atoms with Gasteiger partial charge in [0.2, 0.25) is 0 Å². The average molecular weight is 311 g/mol. The summed E-state index contributed by atoms with van der Waals surface area (Å²) in [6.45, 7) is 7.88. The van der Waals surface area contributed by atoms with Gasteiger partial charge in [0, 0.05) is 5.75 Å². The molecule has 0 bridgehead atoms. The van der Waals surface area contributed by atoms with Gasteiger partial charge in [-0.25, -0.2) is 8.42 Å². The van der Waals surface area contributed by atoms with Crippen LogP contribution in [0.5, 0.6) is 0 Å². The first kappa shape index (κ1) is 18.2. The number of nitrogens with one attached hydrogen (secondary N) is 1. The molecule has 1 aromatic carbocycles. The summed E-state index contributed by atoms with van der Waals surface area (Å²) < 4.78 is 23.2. The van der Waals surface area contributed by atoms with Crippen molar-refractivity contribution in [2.45, 2.75) is 40.0 Å². The molecule has 21 heavy (non-hydrogen) atoms. The van der Waals surface area contributed by atoms with Gasteiger partial charge in [-0.05, 0) is 56.3 Å². The van der Waals surface area contributed by atoms with Crippen molar-refractivity contribution in [3.8, 4) is 0 Å². The Morgan fingerprint density at radius 2 is 1.90 bits per heavy atom. The zero-order chi connectivity index (χ0) is 15.7. The molecule has 0 amide bonds. The van der Waals surface area contributed by atoms with Crippen LogP contribution in [0.3, 0.4) is 0 Å². The van der Waals surface area contributed by atoms with Gasteiger partial charge in [-0.15, -0.1) is 0 Å². The second kappa shape index (κ2) is 9.21. The summed E-state index contributed by atoms with van der Waals surface area (Å²) in [7, 11) is -2.84. The molecular weight excluding hydrogens is 282 g/mol. The van der Waals surface area contributed by atoms with E-state index in [4.69, 9.17) is 0 Å². The van der Waals surface area contributed by atoms with E-state index < -0.39 is 9.84 Å². The zero-order valence-corrected chi connectivity index (χ0v) is 14.4. The molecule has 1 N–H and O–H groups in total. The minimum Gasteiger partial charge on any atom is -0.317 e. The Morgan fingerprint density at radius 3 is 2.52 bits per heavy atom. The normalized spacial score (nSPS) is 13.3. The van der Waals surface area contributed by atoms with Crippen LogP contribution in [0.1, 0.15) is 37.8 Å². The summed E-state index contributed by atoms with van der Waals surface area (Å²) in [5, 5.41) is 3.40. The first-order valence-electron chi connectivity index (χ1n) is 7.94. The van der Waals surface area contributed by atoms with E-state index in [9.17, 15) is 8.42 Å². The first-order valence-corrected chi connectivity index (χ1v) is 9.76. The van der Waals surface area contributed by atoms with Gasteiger partial charge in [-0.1, -0.05) is 38.1 Å². The summed E-state index contributed by atoms with van der Waals surface area (Å²) in [5.74, 6) is 1.07.